The number of nitrogens with zero attached hydrogens (tertiary/aromatic N) is 2. The zero-order valence-electron chi connectivity index (χ0n) is 17.2. The van der Waals surface area contributed by atoms with Crippen molar-refractivity contribution >= 4 is 40.8 Å². The van der Waals surface area contributed by atoms with Crippen LogP contribution in [0.1, 0.15) is 17.5 Å². The van der Waals surface area contributed by atoms with Gasteiger partial charge in [0, 0.05) is 18.3 Å². The van der Waals surface area contributed by atoms with E-state index in [4.69, 9.17) is 16.4 Å². The fourth-order valence-electron chi connectivity index (χ4n) is 2.73. The molecule has 0 saturated heterocycles. The van der Waals surface area contributed by atoms with E-state index in [2.05, 4.69) is 20.8 Å². The van der Waals surface area contributed by atoms with Gasteiger partial charge in [-0.3, -0.25) is 10.2 Å². The van der Waals surface area contributed by atoms with Crippen molar-refractivity contribution in [2.45, 2.75) is 24.9 Å². The number of aromatic nitrogens is 1. The Labute approximate surface area is 197 Å². The van der Waals surface area contributed by atoms with E-state index < -0.39 is 41.5 Å². The minimum atomic E-state index is -4.60. The second kappa shape index (κ2) is 10.2. The highest BCUT2D eigenvalue weighted by atomic mass is 35.5. The Morgan fingerprint density at radius 3 is 2.43 bits per heavy atom. The number of rotatable bonds is 5. The number of hydrazine groups is 1. The maximum Gasteiger partial charge on any atom is 0.417 e. The van der Waals surface area contributed by atoms with Crippen LogP contribution in [0.5, 0.6) is 0 Å². The predicted octanol–water partition coefficient (Wildman–Crippen LogP) is 4.18. The minimum absolute atomic E-state index is 0.0121. The molecule has 0 fully saturated rings. The summed E-state index contributed by atoms with van der Waals surface area (Å²) in [6.07, 6.45) is -9.32. The van der Waals surface area contributed by atoms with Gasteiger partial charge in [-0.2, -0.15) is 26.3 Å². The van der Waals surface area contributed by atoms with Crippen molar-refractivity contribution in [1.82, 2.24) is 15.8 Å². The van der Waals surface area contributed by atoms with Gasteiger partial charge in [0.25, 0.3) is 5.91 Å². The largest absolute Gasteiger partial charge is 0.417 e. The number of hydrogen-bond acceptors (Lipinski definition) is 6. The van der Waals surface area contributed by atoms with Crippen molar-refractivity contribution in [3.63, 3.8) is 0 Å². The molecule has 0 spiro atoms. The molecule has 1 aromatic carbocycles. The Hall–Kier alpha value is -3.75. The molecule has 2 heterocycles. The normalized spacial score (nSPS) is 15.6. The topological polar surface area (TPSA) is 117 Å². The second-order valence-corrected chi connectivity index (χ2v) is 7.42. The molecule has 9 nitrogen and oxygen atoms in total. The first kappa shape index (κ1) is 25.9. The van der Waals surface area contributed by atoms with Crippen LogP contribution in [0.25, 0.3) is 0 Å². The quantitative estimate of drug-likeness (QED) is 0.346. The number of amides is 3. The molecule has 188 valence electrons. The molecular weight excluding hydrogens is 510 g/mol. The first-order chi connectivity index (χ1) is 16.3. The van der Waals surface area contributed by atoms with E-state index in [1.807, 2.05) is 10.9 Å². The third kappa shape index (κ3) is 7.11. The Bertz CT molecular complexity index is 1140. The molecule has 16 heteroatoms. The highest BCUT2D eigenvalue weighted by Gasteiger charge is 2.32. The van der Waals surface area contributed by atoms with Gasteiger partial charge in [0.05, 0.1) is 22.7 Å². The summed E-state index contributed by atoms with van der Waals surface area (Å²) in [4.78, 5) is 32.6. The summed E-state index contributed by atoms with van der Waals surface area (Å²) in [6, 6.07) is 3.56. The number of benzene rings is 1. The van der Waals surface area contributed by atoms with Gasteiger partial charge in [0.1, 0.15) is 11.5 Å². The van der Waals surface area contributed by atoms with E-state index in [1.165, 1.54) is 6.07 Å². The van der Waals surface area contributed by atoms with E-state index >= 15 is 0 Å². The fraction of sp³-hybridized carbons (Fsp3) is 0.263. The summed E-state index contributed by atoms with van der Waals surface area (Å²) in [7, 11) is 0. The van der Waals surface area contributed by atoms with Crippen LogP contribution in [0.3, 0.4) is 0 Å². The number of oxime groups is 1. The average Bonchev–Trinajstić information content (AvgIpc) is 3.25. The molecule has 2 aromatic rings. The first-order valence-electron chi connectivity index (χ1n) is 9.57. The molecule has 3 amide bonds. The predicted molar refractivity (Wildman–Crippen MR) is 111 cm³/mol. The number of hydrogen-bond donors (Lipinski definition) is 4. The van der Waals surface area contributed by atoms with Gasteiger partial charge in [-0.25, -0.2) is 15.2 Å². The van der Waals surface area contributed by atoms with Crippen molar-refractivity contribution < 1.29 is 40.8 Å². The first-order valence-corrected chi connectivity index (χ1v) is 9.94. The highest BCUT2D eigenvalue weighted by Crippen LogP contribution is 2.32. The number of carbonyl (C=O) groups is 2. The second-order valence-electron chi connectivity index (χ2n) is 7.01. The van der Waals surface area contributed by atoms with Crippen LogP contribution in [-0.2, 0) is 22.0 Å². The number of carbonyl (C=O) groups excluding carboxylic acids is 2. The van der Waals surface area contributed by atoms with Gasteiger partial charge in [-0.15, -0.1) is 0 Å². The molecule has 3 rings (SSSR count). The Kier molecular flexibility index (Phi) is 7.57. The van der Waals surface area contributed by atoms with Gasteiger partial charge in [-0.1, -0.05) is 22.8 Å². The highest BCUT2D eigenvalue weighted by molar-refractivity contribution is 6.39. The summed E-state index contributed by atoms with van der Waals surface area (Å²) >= 11 is 5.80. The molecule has 4 N–H and O–H groups in total. The van der Waals surface area contributed by atoms with E-state index in [9.17, 15) is 35.9 Å². The van der Waals surface area contributed by atoms with Gasteiger partial charge in [0.15, 0.2) is 6.10 Å². The van der Waals surface area contributed by atoms with Crippen molar-refractivity contribution in [2.24, 2.45) is 5.16 Å². The summed E-state index contributed by atoms with van der Waals surface area (Å²) in [5, 5.41) is 8.11. The van der Waals surface area contributed by atoms with Crippen molar-refractivity contribution in [3.05, 3.63) is 52.7 Å². The maximum absolute atomic E-state index is 12.7. The smallest absolute Gasteiger partial charge is 0.390 e. The van der Waals surface area contributed by atoms with Crippen molar-refractivity contribution in [1.29, 1.82) is 0 Å². The van der Waals surface area contributed by atoms with E-state index in [0.717, 1.165) is 12.1 Å². The third-order valence-corrected chi connectivity index (χ3v) is 4.69. The molecule has 1 aliphatic rings. The summed E-state index contributed by atoms with van der Waals surface area (Å²) in [5.41, 5.74) is 1.72. The van der Waals surface area contributed by atoms with Gasteiger partial charge in [0.2, 0.25) is 0 Å². The SMILES string of the molecule is O=C(NNC(=O)C1=NO[C@@H](CNc2ncc(C(F)(F)F)cc2Cl)C1)Nc1cccc(C(F)(F)F)c1. The van der Waals surface area contributed by atoms with Gasteiger partial charge < -0.3 is 15.5 Å². The zero-order valence-corrected chi connectivity index (χ0v) is 18.0. The van der Waals surface area contributed by atoms with Crippen LogP contribution in [0.2, 0.25) is 5.02 Å². The molecule has 1 aromatic heterocycles. The van der Waals surface area contributed by atoms with Crippen molar-refractivity contribution in [3.8, 4) is 0 Å². The molecular formula is C19H15ClF6N6O3. The monoisotopic (exact) mass is 524 g/mol. The molecule has 0 bridgehead atoms. The van der Waals surface area contributed by atoms with Crippen LogP contribution in [0.4, 0.5) is 42.6 Å². The molecule has 0 saturated carbocycles. The number of nitrogens with one attached hydrogen (secondary N) is 4. The van der Waals surface area contributed by atoms with Crippen LogP contribution in [-0.4, -0.2) is 35.3 Å². The van der Waals surface area contributed by atoms with E-state index in [0.29, 0.717) is 18.3 Å². The van der Waals surface area contributed by atoms with Gasteiger partial charge >= 0.3 is 18.4 Å². The summed E-state index contributed by atoms with van der Waals surface area (Å²) in [6.45, 7) is -0.0121. The lowest BCUT2D eigenvalue weighted by atomic mass is 10.1. The Morgan fingerprint density at radius 1 is 1.06 bits per heavy atom. The minimum Gasteiger partial charge on any atom is -0.390 e. The van der Waals surface area contributed by atoms with Crippen molar-refractivity contribution in [2.75, 3.05) is 17.2 Å². The molecule has 1 aliphatic heterocycles. The standard InChI is InChI=1S/C19H15ClF6N6O3/c20-13-5-10(19(24,25)26)7-27-15(13)28-8-12-6-14(32-35-12)16(33)30-31-17(34)29-11-3-1-2-9(4-11)18(21,22)23/h1-5,7,12H,6,8H2,(H,27,28)(H,30,33)(H2,29,31,34)/t12-/m1/s1. The third-order valence-electron chi connectivity index (χ3n) is 4.40. The van der Waals surface area contributed by atoms with Crippen LogP contribution >= 0.6 is 11.6 Å². The van der Waals surface area contributed by atoms with Crippen LogP contribution in [0.15, 0.2) is 41.7 Å². The lowest BCUT2D eigenvalue weighted by molar-refractivity contribution is -0.138. The number of pyridine rings is 1. The number of halogens is 7. The molecule has 1 atom stereocenters. The molecule has 35 heavy (non-hydrogen) atoms. The Balaban J connectivity index is 1.44. The molecule has 0 radical (unpaired) electrons. The van der Waals surface area contributed by atoms with E-state index in [1.54, 1.807) is 0 Å². The molecule has 0 aliphatic carbocycles. The average molecular weight is 525 g/mol. The number of anilines is 2. The number of urea groups is 1. The van der Waals surface area contributed by atoms with Gasteiger partial charge in [-0.05, 0) is 24.3 Å². The fourth-order valence-corrected chi connectivity index (χ4v) is 2.96. The Morgan fingerprint density at radius 2 is 1.77 bits per heavy atom. The summed E-state index contributed by atoms with van der Waals surface area (Å²) < 4.78 is 76.2. The van der Waals surface area contributed by atoms with Crippen LogP contribution < -0.4 is 21.5 Å². The summed E-state index contributed by atoms with van der Waals surface area (Å²) in [5.74, 6) is -0.883. The zero-order chi connectivity index (χ0) is 25.8. The number of alkyl halides is 6. The maximum atomic E-state index is 12.7. The van der Waals surface area contributed by atoms with E-state index in [-0.39, 0.29) is 35.2 Å². The lowest BCUT2D eigenvalue weighted by Gasteiger charge is -2.13. The van der Waals surface area contributed by atoms with Crippen LogP contribution in [0, 0.1) is 0 Å². The lowest BCUT2D eigenvalue weighted by Crippen LogP contribution is -2.46. The molecule has 0 unspecified atom stereocenters.